The van der Waals surface area contributed by atoms with Crippen LogP contribution in [0.2, 0.25) is 0 Å². The van der Waals surface area contributed by atoms with Gasteiger partial charge in [0.2, 0.25) is 11.2 Å². The molecule has 4 heteroatoms. The second kappa shape index (κ2) is 7.18. The first-order valence-corrected chi connectivity index (χ1v) is 9.07. The third-order valence-electron chi connectivity index (χ3n) is 5.00. The number of benzene rings is 1. The van der Waals surface area contributed by atoms with Gasteiger partial charge >= 0.3 is 0 Å². The van der Waals surface area contributed by atoms with E-state index in [-0.39, 0.29) is 5.43 Å². The first kappa shape index (κ1) is 16.0. The molecule has 0 bridgehead atoms. The van der Waals surface area contributed by atoms with Gasteiger partial charge in [0.05, 0.1) is 13.2 Å². The molecular formula is C21H23NO3. The Bertz CT molecular complexity index is 870. The largest absolute Gasteiger partial charge is 0.486 e. The lowest BCUT2D eigenvalue weighted by Gasteiger charge is -2.21. The van der Waals surface area contributed by atoms with Crippen LogP contribution in [0.1, 0.15) is 37.9 Å². The second-order valence-electron chi connectivity index (χ2n) is 6.95. The highest BCUT2D eigenvalue weighted by molar-refractivity contribution is 5.82. The average molecular weight is 337 g/mol. The molecule has 2 heterocycles. The first-order valence-electron chi connectivity index (χ1n) is 9.07. The van der Waals surface area contributed by atoms with Crippen LogP contribution in [-0.2, 0) is 6.54 Å². The lowest BCUT2D eigenvalue weighted by molar-refractivity contribution is 0.202. The van der Waals surface area contributed by atoms with Crippen LogP contribution in [0.5, 0.6) is 5.75 Å². The minimum absolute atomic E-state index is 0.103. The molecule has 0 unspecified atom stereocenters. The van der Waals surface area contributed by atoms with E-state index in [1.807, 2.05) is 16.7 Å². The zero-order valence-corrected chi connectivity index (χ0v) is 14.3. The van der Waals surface area contributed by atoms with Crippen molar-refractivity contribution in [2.75, 3.05) is 6.61 Å². The van der Waals surface area contributed by atoms with E-state index in [4.69, 9.17) is 9.15 Å². The van der Waals surface area contributed by atoms with E-state index < -0.39 is 0 Å². The fourth-order valence-electron chi connectivity index (χ4n) is 3.60. The van der Waals surface area contributed by atoms with Gasteiger partial charge in [-0.25, -0.2) is 0 Å². The summed E-state index contributed by atoms with van der Waals surface area (Å²) < 4.78 is 13.4. The molecule has 0 aliphatic heterocycles. The topological polar surface area (TPSA) is 44.4 Å². The van der Waals surface area contributed by atoms with E-state index in [0.29, 0.717) is 30.6 Å². The number of hydrogen-bond donors (Lipinski definition) is 0. The summed E-state index contributed by atoms with van der Waals surface area (Å²) in [6, 6.07) is 9.73. The van der Waals surface area contributed by atoms with Crippen molar-refractivity contribution < 1.29 is 9.15 Å². The maximum Gasteiger partial charge on any atom is 0.227 e. The van der Waals surface area contributed by atoms with E-state index in [1.54, 1.807) is 6.07 Å². The molecule has 0 radical (unpaired) electrons. The van der Waals surface area contributed by atoms with Gasteiger partial charge in [0.25, 0.3) is 0 Å². The van der Waals surface area contributed by atoms with E-state index in [0.717, 1.165) is 0 Å². The second-order valence-corrected chi connectivity index (χ2v) is 6.95. The van der Waals surface area contributed by atoms with Crippen molar-refractivity contribution in [2.24, 2.45) is 5.92 Å². The molecule has 0 atom stereocenters. The first-order chi connectivity index (χ1) is 12.3. The third-order valence-corrected chi connectivity index (χ3v) is 5.00. The lowest BCUT2D eigenvalue weighted by Crippen LogP contribution is -2.18. The van der Waals surface area contributed by atoms with Crippen molar-refractivity contribution in [3.8, 4) is 5.75 Å². The Labute approximate surface area is 147 Å². The van der Waals surface area contributed by atoms with Crippen LogP contribution in [-0.4, -0.2) is 11.2 Å². The van der Waals surface area contributed by atoms with Gasteiger partial charge in [-0.15, -0.1) is 0 Å². The van der Waals surface area contributed by atoms with Crippen molar-refractivity contribution in [3.05, 3.63) is 65.0 Å². The van der Waals surface area contributed by atoms with Crippen LogP contribution >= 0.6 is 0 Å². The standard InChI is InChI=1S/C21H23NO3/c23-20-10-19(13-22-11-17-8-4-5-9-18(17)12-22)24-15-21(20)25-14-16-6-2-1-3-7-16/h4-5,8-12,15-16H,1-3,6-7,13-14H2. The summed E-state index contributed by atoms with van der Waals surface area (Å²) >= 11 is 0. The Morgan fingerprint density at radius 3 is 2.48 bits per heavy atom. The number of hydrogen-bond acceptors (Lipinski definition) is 3. The van der Waals surface area contributed by atoms with E-state index in [9.17, 15) is 4.79 Å². The SMILES string of the molecule is O=c1cc(Cn2cc3ccccc3c2)occ1OCC1CCCCC1. The highest BCUT2D eigenvalue weighted by atomic mass is 16.5. The molecule has 0 N–H and O–H groups in total. The summed E-state index contributed by atoms with van der Waals surface area (Å²) in [5.74, 6) is 1.53. The number of ether oxygens (including phenoxy) is 1. The summed E-state index contributed by atoms with van der Waals surface area (Å²) in [4.78, 5) is 12.3. The molecule has 1 aromatic carbocycles. The Morgan fingerprint density at radius 1 is 1.08 bits per heavy atom. The maximum atomic E-state index is 12.3. The summed E-state index contributed by atoms with van der Waals surface area (Å²) in [7, 11) is 0. The quantitative estimate of drug-likeness (QED) is 0.683. The van der Waals surface area contributed by atoms with Gasteiger partial charge in [0, 0.05) is 18.5 Å². The minimum Gasteiger partial charge on any atom is -0.486 e. The van der Waals surface area contributed by atoms with Gasteiger partial charge < -0.3 is 13.7 Å². The Morgan fingerprint density at radius 2 is 1.80 bits per heavy atom. The van der Waals surface area contributed by atoms with Crippen LogP contribution in [0.15, 0.2) is 58.2 Å². The molecule has 0 amide bonds. The molecule has 3 aromatic rings. The fraction of sp³-hybridized carbons (Fsp3) is 0.381. The van der Waals surface area contributed by atoms with Crippen molar-refractivity contribution >= 4 is 10.8 Å². The Balaban J connectivity index is 1.43. The Hall–Kier alpha value is -2.49. The van der Waals surface area contributed by atoms with Crippen molar-refractivity contribution in [2.45, 2.75) is 38.6 Å². The molecule has 0 spiro atoms. The fourth-order valence-corrected chi connectivity index (χ4v) is 3.60. The zero-order valence-electron chi connectivity index (χ0n) is 14.3. The van der Waals surface area contributed by atoms with Crippen molar-refractivity contribution in [1.29, 1.82) is 0 Å². The summed E-state index contributed by atoms with van der Waals surface area (Å²) in [6.07, 6.45) is 11.8. The third kappa shape index (κ3) is 3.78. The molecule has 4 nitrogen and oxygen atoms in total. The van der Waals surface area contributed by atoms with Crippen LogP contribution in [0, 0.1) is 5.92 Å². The summed E-state index contributed by atoms with van der Waals surface area (Å²) in [5, 5.41) is 2.36. The minimum atomic E-state index is -0.103. The van der Waals surface area contributed by atoms with Gasteiger partial charge in [-0.3, -0.25) is 4.79 Å². The number of aromatic nitrogens is 1. The molecule has 25 heavy (non-hydrogen) atoms. The molecular weight excluding hydrogens is 314 g/mol. The van der Waals surface area contributed by atoms with Gasteiger partial charge in [0.15, 0.2) is 0 Å². The maximum absolute atomic E-state index is 12.3. The number of rotatable bonds is 5. The lowest BCUT2D eigenvalue weighted by atomic mass is 9.90. The number of fused-ring (bicyclic) bond motifs is 1. The van der Waals surface area contributed by atoms with Crippen molar-refractivity contribution in [1.82, 2.24) is 4.57 Å². The predicted molar refractivity (Wildman–Crippen MR) is 98.1 cm³/mol. The molecule has 1 fully saturated rings. The van der Waals surface area contributed by atoms with E-state index >= 15 is 0 Å². The smallest absolute Gasteiger partial charge is 0.227 e. The van der Waals surface area contributed by atoms with Gasteiger partial charge in [-0.2, -0.15) is 0 Å². The van der Waals surface area contributed by atoms with Gasteiger partial charge in [-0.1, -0.05) is 43.5 Å². The molecule has 4 rings (SSSR count). The summed E-state index contributed by atoms with van der Waals surface area (Å²) in [5.41, 5.74) is -0.103. The van der Waals surface area contributed by atoms with Crippen LogP contribution in [0.25, 0.3) is 10.8 Å². The monoisotopic (exact) mass is 337 g/mol. The highest BCUT2D eigenvalue weighted by Gasteiger charge is 2.15. The van der Waals surface area contributed by atoms with E-state index in [2.05, 4.69) is 24.5 Å². The molecule has 2 aromatic heterocycles. The van der Waals surface area contributed by atoms with Gasteiger partial charge in [-0.05, 0) is 29.5 Å². The molecule has 0 saturated heterocycles. The van der Waals surface area contributed by atoms with Crippen molar-refractivity contribution in [3.63, 3.8) is 0 Å². The Kier molecular flexibility index (Phi) is 4.59. The van der Waals surface area contributed by atoms with E-state index in [1.165, 1.54) is 49.1 Å². The average Bonchev–Trinajstić information content (AvgIpc) is 3.04. The van der Waals surface area contributed by atoms with Crippen LogP contribution in [0.4, 0.5) is 0 Å². The van der Waals surface area contributed by atoms with Gasteiger partial charge in [0.1, 0.15) is 12.0 Å². The molecule has 1 aliphatic rings. The highest BCUT2D eigenvalue weighted by Crippen LogP contribution is 2.24. The number of nitrogens with zero attached hydrogens (tertiary/aromatic N) is 1. The van der Waals surface area contributed by atoms with Crippen LogP contribution in [0.3, 0.4) is 0 Å². The molecule has 1 aliphatic carbocycles. The molecule has 1 saturated carbocycles. The summed E-state index contributed by atoms with van der Waals surface area (Å²) in [6.45, 7) is 1.15. The zero-order chi connectivity index (χ0) is 17.1. The molecule has 130 valence electrons. The predicted octanol–water partition coefficient (Wildman–Crippen LogP) is 4.60. The normalized spacial score (nSPS) is 15.5. The van der Waals surface area contributed by atoms with Crippen LogP contribution < -0.4 is 10.2 Å².